The Hall–Kier alpha value is -1.49. The van der Waals surface area contributed by atoms with Crippen LogP contribution in [0.5, 0.6) is 0 Å². The number of carbonyl (C=O) groups is 1. The molecular weight excluding hydrogens is 187 g/mol. The van der Waals surface area contributed by atoms with Gasteiger partial charge in [0.05, 0.1) is 0 Å². The summed E-state index contributed by atoms with van der Waals surface area (Å²) in [5.41, 5.74) is 0.413. The fraction of sp³-hybridized carbons (Fsp3) is 0.333. The van der Waals surface area contributed by atoms with E-state index in [1.54, 1.807) is 6.07 Å². The molecule has 1 aromatic rings. The molecule has 14 heavy (non-hydrogen) atoms. The van der Waals surface area contributed by atoms with Crippen molar-refractivity contribution < 1.29 is 13.9 Å². The number of rotatable bonds is 1. The van der Waals surface area contributed by atoms with E-state index in [-0.39, 0.29) is 11.3 Å². The standard InChI is InChI=1S/C9H9FN2O2/c1-14-9-6(10)5-3-2-4-11-7(5)8(13)12-9/h2-4,6,9H,1H3,(H,12,13). The zero-order valence-corrected chi connectivity index (χ0v) is 7.53. The molecule has 0 aromatic carbocycles. The van der Waals surface area contributed by atoms with Crippen molar-refractivity contribution in [2.75, 3.05) is 7.11 Å². The summed E-state index contributed by atoms with van der Waals surface area (Å²) in [4.78, 5) is 15.2. The van der Waals surface area contributed by atoms with Crippen LogP contribution in [0.15, 0.2) is 18.3 Å². The average Bonchev–Trinajstić information content (AvgIpc) is 2.23. The number of amides is 1. The Morgan fingerprint density at radius 1 is 1.64 bits per heavy atom. The highest BCUT2D eigenvalue weighted by Gasteiger charge is 2.34. The molecule has 1 aliphatic rings. The lowest BCUT2D eigenvalue weighted by Gasteiger charge is -2.26. The molecule has 0 fully saturated rings. The van der Waals surface area contributed by atoms with Crippen LogP contribution in [0.25, 0.3) is 0 Å². The minimum atomic E-state index is -1.36. The summed E-state index contributed by atoms with van der Waals surface area (Å²) in [6, 6.07) is 3.13. The van der Waals surface area contributed by atoms with Crippen LogP contribution in [0, 0.1) is 0 Å². The van der Waals surface area contributed by atoms with Crippen molar-refractivity contribution in [3.8, 4) is 0 Å². The lowest BCUT2D eigenvalue weighted by molar-refractivity contribution is 0.00224. The lowest BCUT2D eigenvalue weighted by Crippen LogP contribution is -2.44. The molecule has 0 saturated carbocycles. The number of ether oxygens (including phenoxy) is 1. The first-order chi connectivity index (χ1) is 6.74. The number of nitrogens with one attached hydrogen (secondary N) is 1. The third-order valence-corrected chi connectivity index (χ3v) is 2.14. The van der Waals surface area contributed by atoms with Crippen LogP contribution in [0.4, 0.5) is 4.39 Å². The second-order valence-corrected chi connectivity index (χ2v) is 2.97. The fourth-order valence-electron chi connectivity index (χ4n) is 1.44. The number of carbonyl (C=O) groups excluding carboxylic acids is 1. The molecule has 1 aliphatic heterocycles. The largest absolute Gasteiger partial charge is 0.358 e. The van der Waals surface area contributed by atoms with Gasteiger partial charge in [0.25, 0.3) is 5.91 Å². The van der Waals surface area contributed by atoms with Gasteiger partial charge in [-0.25, -0.2) is 4.39 Å². The van der Waals surface area contributed by atoms with E-state index in [0.29, 0.717) is 0 Å². The van der Waals surface area contributed by atoms with Crippen LogP contribution in [-0.4, -0.2) is 24.2 Å². The molecule has 74 valence electrons. The molecule has 1 amide bonds. The Balaban J connectivity index is 2.46. The van der Waals surface area contributed by atoms with Crippen LogP contribution in [0.1, 0.15) is 22.2 Å². The van der Waals surface area contributed by atoms with Gasteiger partial charge in [-0.1, -0.05) is 6.07 Å². The van der Waals surface area contributed by atoms with Gasteiger partial charge in [0.1, 0.15) is 5.69 Å². The molecule has 4 nitrogen and oxygen atoms in total. The van der Waals surface area contributed by atoms with Crippen molar-refractivity contribution in [3.05, 3.63) is 29.6 Å². The molecule has 2 rings (SSSR count). The SMILES string of the molecule is COC1NC(=O)c2ncccc2C1F. The first kappa shape index (κ1) is 9.08. The van der Waals surface area contributed by atoms with E-state index in [2.05, 4.69) is 10.3 Å². The summed E-state index contributed by atoms with van der Waals surface area (Å²) in [6.45, 7) is 0. The van der Waals surface area contributed by atoms with E-state index in [0.717, 1.165) is 0 Å². The van der Waals surface area contributed by atoms with Crippen LogP contribution < -0.4 is 5.32 Å². The second-order valence-electron chi connectivity index (χ2n) is 2.97. The smallest absolute Gasteiger partial charge is 0.272 e. The van der Waals surface area contributed by atoms with Crippen molar-refractivity contribution >= 4 is 5.91 Å². The molecule has 2 atom stereocenters. The number of nitrogens with zero attached hydrogens (tertiary/aromatic N) is 1. The van der Waals surface area contributed by atoms with Crippen molar-refractivity contribution in [1.29, 1.82) is 0 Å². The molecule has 5 heteroatoms. The third kappa shape index (κ3) is 1.26. The molecule has 0 radical (unpaired) electrons. The van der Waals surface area contributed by atoms with Gasteiger partial charge < -0.3 is 10.1 Å². The monoisotopic (exact) mass is 196 g/mol. The van der Waals surface area contributed by atoms with E-state index in [1.165, 1.54) is 19.4 Å². The van der Waals surface area contributed by atoms with Gasteiger partial charge in [-0.2, -0.15) is 0 Å². The highest BCUT2D eigenvalue weighted by atomic mass is 19.1. The predicted molar refractivity (Wildman–Crippen MR) is 46.3 cm³/mol. The summed E-state index contributed by atoms with van der Waals surface area (Å²) in [7, 11) is 1.35. The maximum atomic E-state index is 13.6. The van der Waals surface area contributed by atoms with Crippen molar-refractivity contribution in [2.45, 2.75) is 12.4 Å². The predicted octanol–water partition coefficient (Wildman–Crippen LogP) is 0.808. The summed E-state index contributed by atoms with van der Waals surface area (Å²) in [5.74, 6) is -0.402. The normalized spacial score (nSPS) is 25.4. The van der Waals surface area contributed by atoms with Crippen LogP contribution in [0.3, 0.4) is 0 Å². The number of hydrogen-bond acceptors (Lipinski definition) is 3. The van der Waals surface area contributed by atoms with Gasteiger partial charge in [0.15, 0.2) is 12.4 Å². The summed E-state index contributed by atoms with van der Waals surface area (Å²) in [5, 5.41) is 2.37. The Bertz CT molecular complexity index is 370. The van der Waals surface area contributed by atoms with Gasteiger partial charge in [-0.3, -0.25) is 9.78 Å². The minimum absolute atomic E-state index is 0.133. The Kier molecular flexibility index (Phi) is 2.17. The second kappa shape index (κ2) is 3.34. The van der Waals surface area contributed by atoms with Crippen molar-refractivity contribution in [3.63, 3.8) is 0 Å². The van der Waals surface area contributed by atoms with E-state index in [9.17, 15) is 9.18 Å². The van der Waals surface area contributed by atoms with Crippen LogP contribution >= 0.6 is 0 Å². The van der Waals surface area contributed by atoms with Gasteiger partial charge in [-0.05, 0) is 6.07 Å². The van der Waals surface area contributed by atoms with Gasteiger partial charge in [-0.15, -0.1) is 0 Å². The first-order valence-electron chi connectivity index (χ1n) is 4.16. The van der Waals surface area contributed by atoms with Crippen LogP contribution in [-0.2, 0) is 4.74 Å². The maximum absolute atomic E-state index is 13.6. The first-order valence-corrected chi connectivity index (χ1v) is 4.16. The maximum Gasteiger partial charge on any atom is 0.272 e. The Labute approximate surface area is 80.1 Å². The average molecular weight is 196 g/mol. The zero-order chi connectivity index (χ0) is 10.1. The molecule has 0 saturated heterocycles. The summed E-state index contributed by atoms with van der Waals surface area (Å²) < 4.78 is 18.4. The number of alkyl halides is 1. The number of halogens is 1. The van der Waals surface area contributed by atoms with E-state index < -0.39 is 18.3 Å². The lowest BCUT2D eigenvalue weighted by atomic mass is 10.0. The molecule has 2 heterocycles. The number of aromatic nitrogens is 1. The number of fused-ring (bicyclic) bond motifs is 1. The molecule has 0 aliphatic carbocycles. The molecule has 1 aromatic heterocycles. The van der Waals surface area contributed by atoms with Gasteiger partial charge in [0, 0.05) is 18.9 Å². The van der Waals surface area contributed by atoms with E-state index in [1.807, 2.05) is 0 Å². The Morgan fingerprint density at radius 3 is 3.14 bits per heavy atom. The molecule has 0 spiro atoms. The fourth-order valence-corrected chi connectivity index (χ4v) is 1.44. The number of pyridine rings is 1. The van der Waals surface area contributed by atoms with Crippen molar-refractivity contribution in [1.82, 2.24) is 10.3 Å². The minimum Gasteiger partial charge on any atom is -0.358 e. The van der Waals surface area contributed by atoms with Crippen molar-refractivity contribution in [2.24, 2.45) is 0 Å². The zero-order valence-electron chi connectivity index (χ0n) is 7.53. The number of hydrogen-bond donors (Lipinski definition) is 1. The molecule has 0 bridgehead atoms. The topological polar surface area (TPSA) is 51.2 Å². The molecule has 2 unspecified atom stereocenters. The van der Waals surface area contributed by atoms with E-state index in [4.69, 9.17) is 4.74 Å². The van der Waals surface area contributed by atoms with Gasteiger partial charge >= 0.3 is 0 Å². The third-order valence-electron chi connectivity index (χ3n) is 2.14. The Morgan fingerprint density at radius 2 is 2.43 bits per heavy atom. The molecule has 1 N–H and O–H groups in total. The molecular formula is C9H9FN2O2. The highest BCUT2D eigenvalue weighted by Crippen LogP contribution is 2.27. The van der Waals surface area contributed by atoms with Crippen LogP contribution in [0.2, 0.25) is 0 Å². The number of methoxy groups -OCH3 is 1. The van der Waals surface area contributed by atoms with Gasteiger partial charge in [0.2, 0.25) is 0 Å². The quantitative estimate of drug-likeness (QED) is 0.723. The van der Waals surface area contributed by atoms with E-state index >= 15 is 0 Å². The highest BCUT2D eigenvalue weighted by molar-refractivity contribution is 5.95. The summed E-state index contributed by atoms with van der Waals surface area (Å²) in [6.07, 6.45) is -0.821. The summed E-state index contributed by atoms with van der Waals surface area (Å²) >= 11 is 0.